The maximum Gasteiger partial charge on any atom is 0.340 e. The Labute approximate surface area is 216 Å². The molecular weight excluding hydrogens is 496 g/mol. The van der Waals surface area contributed by atoms with E-state index in [2.05, 4.69) is 0 Å². The quantitative estimate of drug-likeness (QED) is 0.167. The van der Waals surface area contributed by atoms with Crippen LogP contribution >= 0.6 is 0 Å². The predicted octanol–water partition coefficient (Wildman–Crippen LogP) is 2.68. The van der Waals surface area contributed by atoms with Gasteiger partial charge in [-0.3, -0.25) is 19.5 Å². The Kier molecular flexibility index (Phi) is 8.14. The highest BCUT2D eigenvalue weighted by Crippen LogP contribution is 2.20. The number of non-ortho nitro benzene ring substituents is 1. The van der Waals surface area contributed by atoms with Crippen LogP contribution in [0, 0.1) is 10.1 Å². The number of hydrogen-bond donors (Lipinski definition) is 0. The lowest BCUT2D eigenvalue weighted by atomic mass is 10.1. The first-order valence-electron chi connectivity index (χ1n) is 11.6. The third-order valence-electron chi connectivity index (χ3n) is 6.01. The van der Waals surface area contributed by atoms with Crippen LogP contribution in [0.2, 0.25) is 0 Å². The van der Waals surface area contributed by atoms with Gasteiger partial charge in [0.15, 0.2) is 0 Å². The van der Waals surface area contributed by atoms with Crippen molar-refractivity contribution in [3.63, 3.8) is 0 Å². The molecule has 2 aromatic carbocycles. The van der Waals surface area contributed by atoms with Crippen LogP contribution in [0.1, 0.15) is 21.5 Å². The normalized spacial score (nSPS) is 11.1. The molecule has 0 aliphatic carbocycles. The molecule has 0 atom stereocenters. The first kappa shape index (κ1) is 26.5. The molecule has 12 nitrogen and oxygen atoms in total. The van der Waals surface area contributed by atoms with Crippen LogP contribution in [0.5, 0.6) is 0 Å². The Morgan fingerprint density at radius 3 is 2.29 bits per heavy atom. The second-order valence-electron chi connectivity index (χ2n) is 8.42. The first-order chi connectivity index (χ1) is 18.3. The molecule has 0 bridgehead atoms. The number of aromatic nitrogens is 3. The van der Waals surface area contributed by atoms with Crippen LogP contribution in [0.3, 0.4) is 0 Å². The van der Waals surface area contributed by atoms with E-state index in [1.807, 2.05) is 30.3 Å². The lowest BCUT2D eigenvalue weighted by Gasteiger charge is -2.15. The van der Waals surface area contributed by atoms with Gasteiger partial charge >= 0.3 is 11.7 Å². The number of esters is 1. The summed E-state index contributed by atoms with van der Waals surface area (Å²) < 4.78 is 19.6. The van der Waals surface area contributed by atoms with E-state index in [1.165, 1.54) is 37.1 Å². The van der Waals surface area contributed by atoms with Crippen molar-refractivity contribution in [3.05, 3.63) is 108 Å². The molecule has 0 aliphatic heterocycles. The number of nitro groups is 1. The molecule has 0 radical (unpaired) electrons. The minimum absolute atomic E-state index is 0.000473. The van der Waals surface area contributed by atoms with Crippen molar-refractivity contribution in [1.29, 1.82) is 0 Å². The van der Waals surface area contributed by atoms with E-state index in [1.54, 1.807) is 16.7 Å². The van der Waals surface area contributed by atoms with Gasteiger partial charge in [-0.15, -0.1) is 0 Å². The molecule has 0 spiro atoms. The fraction of sp³-hybridized carbons (Fsp3) is 0.269. The van der Waals surface area contributed by atoms with Gasteiger partial charge in [-0.2, -0.15) is 0 Å². The molecule has 0 amide bonds. The zero-order chi connectivity index (χ0) is 27.2. The van der Waals surface area contributed by atoms with Gasteiger partial charge in [0.2, 0.25) is 0 Å². The molecule has 0 saturated carbocycles. The number of nitrogens with zero attached hydrogens (tertiary/aromatic N) is 4. The Hall–Kier alpha value is -4.55. The first-order valence-corrected chi connectivity index (χ1v) is 11.6. The van der Waals surface area contributed by atoms with Gasteiger partial charge in [0.25, 0.3) is 11.2 Å². The highest BCUT2D eigenvalue weighted by atomic mass is 16.6. The number of benzene rings is 2. The second-order valence-corrected chi connectivity index (χ2v) is 8.42. The van der Waals surface area contributed by atoms with E-state index in [4.69, 9.17) is 14.2 Å². The number of carbonyl (C=O) groups excluding carboxylic acids is 1. The fourth-order valence-electron chi connectivity index (χ4n) is 4.16. The molecular formula is C26H26N4O8. The number of carbonyl (C=O) groups is 1. The Bertz CT molecular complexity index is 1570. The highest BCUT2D eigenvalue weighted by Gasteiger charge is 2.25. The van der Waals surface area contributed by atoms with Crippen molar-refractivity contribution in [1.82, 2.24) is 13.7 Å². The van der Waals surface area contributed by atoms with Crippen LogP contribution in [0.15, 0.2) is 70.4 Å². The van der Waals surface area contributed by atoms with E-state index in [9.17, 15) is 24.5 Å². The number of methoxy groups -OCH3 is 2. The van der Waals surface area contributed by atoms with Gasteiger partial charge in [-0.1, -0.05) is 42.5 Å². The van der Waals surface area contributed by atoms with E-state index in [0.29, 0.717) is 6.42 Å². The van der Waals surface area contributed by atoms with Crippen LogP contribution in [-0.4, -0.2) is 38.8 Å². The third-order valence-corrected chi connectivity index (χ3v) is 6.01. The second kappa shape index (κ2) is 11.7. The molecule has 2 heterocycles. The van der Waals surface area contributed by atoms with Crippen LogP contribution in [-0.2, 0) is 47.2 Å². The van der Waals surface area contributed by atoms with Gasteiger partial charge in [-0.25, -0.2) is 14.2 Å². The number of hydrogen-bond acceptors (Lipinski definition) is 8. The maximum atomic E-state index is 13.4. The topological polar surface area (TPSA) is 137 Å². The molecule has 198 valence electrons. The summed E-state index contributed by atoms with van der Waals surface area (Å²) in [5.41, 5.74) is 0.491. The number of nitro benzene ring substituents is 1. The van der Waals surface area contributed by atoms with Crippen molar-refractivity contribution in [2.24, 2.45) is 0 Å². The average Bonchev–Trinajstić information content (AvgIpc) is 3.31. The molecule has 0 N–H and O–H groups in total. The summed E-state index contributed by atoms with van der Waals surface area (Å²) in [4.78, 5) is 49.9. The molecule has 0 aliphatic rings. The Morgan fingerprint density at radius 1 is 0.947 bits per heavy atom. The molecule has 0 fully saturated rings. The monoisotopic (exact) mass is 522 g/mol. The van der Waals surface area contributed by atoms with Crippen molar-refractivity contribution in [3.8, 4) is 0 Å². The van der Waals surface area contributed by atoms with Crippen LogP contribution in [0.4, 0.5) is 5.69 Å². The molecule has 38 heavy (non-hydrogen) atoms. The number of ether oxygens (including phenoxy) is 3. The zero-order valence-electron chi connectivity index (χ0n) is 20.9. The van der Waals surface area contributed by atoms with Gasteiger partial charge in [0.05, 0.1) is 29.6 Å². The molecule has 4 aromatic rings. The van der Waals surface area contributed by atoms with Crippen LogP contribution in [0.25, 0.3) is 11.0 Å². The van der Waals surface area contributed by atoms with E-state index >= 15 is 0 Å². The lowest BCUT2D eigenvalue weighted by molar-refractivity contribution is -0.384. The average molecular weight is 523 g/mol. The zero-order valence-corrected chi connectivity index (χ0v) is 20.9. The largest absolute Gasteiger partial charge is 0.465 e. The van der Waals surface area contributed by atoms with Gasteiger partial charge < -0.3 is 18.8 Å². The van der Waals surface area contributed by atoms with Crippen molar-refractivity contribution in [2.45, 2.75) is 33.0 Å². The summed E-state index contributed by atoms with van der Waals surface area (Å²) in [5.74, 6) is -0.736. The standard InChI is InChI=1S/C26H26N4O8/c1-36-16-29-24(31)22-21(25(32)37-2)14-27(13-12-18-8-10-20(11-9-18)30(34)35)23(22)28(26(29)33)17-38-15-19-6-4-3-5-7-19/h3-11,14H,12-13,15-17H2,1-2H3. The minimum atomic E-state index is -0.736. The predicted molar refractivity (Wildman–Crippen MR) is 137 cm³/mol. The Morgan fingerprint density at radius 2 is 1.66 bits per heavy atom. The molecule has 12 heteroatoms. The number of rotatable bonds is 11. The smallest absolute Gasteiger partial charge is 0.340 e. The SMILES string of the molecule is COCn1c(=O)c2c(C(=O)OC)cn(CCc3ccc([N+](=O)[O-])cc3)c2n(COCc2ccccc2)c1=O. The summed E-state index contributed by atoms with van der Waals surface area (Å²) in [6.07, 6.45) is 1.87. The van der Waals surface area contributed by atoms with Crippen molar-refractivity contribution in [2.75, 3.05) is 14.2 Å². The summed E-state index contributed by atoms with van der Waals surface area (Å²) in [6.45, 7) is -0.0417. The van der Waals surface area contributed by atoms with Crippen molar-refractivity contribution < 1.29 is 23.9 Å². The summed E-state index contributed by atoms with van der Waals surface area (Å²) in [7, 11) is 2.55. The lowest BCUT2D eigenvalue weighted by Crippen LogP contribution is -2.41. The number of fused-ring (bicyclic) bond motifs is 1. The van der Waals surface area contributed by atoms with Gasteiger partial charge in [0.1, 0.15) is 19.1 Å². The highest BCUT2D eigenvalue weighted by molar-refractivity contribution is 6.03. The number of aryl methyl sites for hydroxylation is 2. The molecule has 0 saturated heterocycles. The van der Waals surface area contributed by atoms with E-state index in [-0.39, 0.29) is 48.9 Å². The maximum absolute atomic E-state index is 13.4. The molecule has 0 unspecified atom stereocenters. The fourth-order valence-corrected chi connectivity index (χ4v) is 4.16. The summed E-state index contributed by atoms with van der Waals surface area (Å²) in [5, 5.41) is 11.0. The van der Waals surface area contributed by atoms with E-state index in [0.717, 1.165) is 15.7 Å². The van der Waals surface area contributed by atoms with Crippen LogP contribution < -0.4 is 11.2 Å². The third kappa shape index (κ3) is 5.41. The Balaban J connectivity index is 1.79. The summed E-state index contributed by atoms with van der Waals surface area (Å²) in [6, 6.07) is 15.4. The molecule has 2 aromatic heterocycles. The van der Waals surface area contributed by atoms with E-state index < -0.39 is 22.1 Å². The molecule has 4 rings (SSSR count). The minimum Gasteiger partial charge on any atom is -0.465 e. The van der Waals surface area contributed by atoms with Gasteiger partial charge in [0, 0.05) is 32.0 Å². The van der Waals surface area contributed by atoms with Gasteiger partial charge in [-0.05, 0) is 17.5 Å². The summed E-state index contributed by atoms with van der Waals surface area (Å²) >= 11 is 0. The van der Waals surface area contributed by atoms with Crippen molar-refractivity contribution >= 4 is 22.7 Å².